The van der Waals surface area contributed by atoms with E-state index in [4.69, 9.17) is 4.74 Å². The predicted molar refractivity (Wildman–Crippen MR) is 107 cm³/mol. The van der Waals surface area contributed by atoms with Gasteiger partial charge in [0.05, 0.1) is 0 Å². The summed E-state index contributed by atoms with van der Waals surface area (Å²) in [6.07, 6.45) is 2.35. The third kappa shape index (κ3) is 2.99. The van der Waals surface area contributed by atoms with Gasteiger partial charge < -0.3 is 9.84 Å². The number of benzene rings is 1. The van der Waals surface area contributed by atoms with Crippen LogP contribution in [-0.2, 0) is 14.3 Å². The number of aromatic hydroxyl groups is 1. The van der Waals surface area contributed by atoms with Crippen LogP contribution < -0.4 is 0 Å². The summed E-state index contributed by atoms with van der Waals surface area (Å²) in [5.41, 5.74) is 3.55. The highest BCUT2D eigenvalue weighted by Crippen LogP contribution is 2.51. The molecule has 2 aliphatic carbocycles. The molecule has 3 aliphatic rings. The summed E-state index contributed by atoms with van der Waals surface area (Å²) in [6, 6.07) is 3.82. The molecule has 0 radical (unpaired) electrons. The average molecular weight is 380 g/mol. The lowest BCUT2D eigenvalue weighted by atomic mass is 9.67. The van der Waals surface area contributed by atoms with E-state index in [9.17, 15) is 14.7 Å². The smallest absolute Gasteiger partial charge is 0.163 e. The number of allylic oxidation sites excluding steroid dienone is 4. The van der Waals surface area contributed by atoms with Crippen LogP contribution in [0.3, 0.4) is 0 Å². The van der Waals surface area contributed by atoms with Gasteiger partial charge in [0.2, 0.25) is 0 Å². The zero-order valence-electron chi connectivity index (χ0n) is 17.3. The molecule has 0 spiro atoms. The SMILES string of the molecule is Cc1cc(C2C3=C(CC(C)CC3=O)OC3=C2C(=O)CC(C)(C)C3)cc(C)c1O. The molecule has 2 atom stereocenters. The first-order valence-electron chi connectivity index (χ1n) is 10.1. The third-order valence-corrected chi connectivity index (χ3v) is 6.22. The number of carbonyl (C=O) groups is 2. The first-order chi connectivity index (χ1) is 13.1. The van der Waals surface area contributed by atoms with Crippen molar-refractivity contribution in [1.29, 1.82) is 0 Å². The van der Waals surface area contributed by atoms with Gasteiger partial charge in [-0.15, -0.1) is 0 Å². The lowest BCUT2D eigenvalue weighted by molar-refractivity contribution is -0.119. The minimum absolute atomic E-state index is 0.0672. The molecule has 0 bridgehead atoms. The van der Waals surface area contributed by atoms with Crippen molar-refractivity contribution in [3.63, 3.8) is 0 Å². The van der Waals surface area contributed by atoms with E-state index in [2.05, 4.69) is 20.8 Å². The zero-order chi connectivity index (χ0) is 20.4. The first kappa shape index (κ1) is 19.0. The van der Waals surface area contributed by atoms with Crippen LogP contribution in [0.15, 0.2) is 34.8 Å². The van der Waals surface area contributed by atoms with E-state index in [0.29, 0.717) is 30.4 Å². The maximum absolute atomic E-state index is 13.2. The molecule has 4 nitrogen and oxygen atoms in total. The number of hydrogen-bond acceptors (Lipinski definition) is 4. The Morgan fingerprint density at radius 1 is 0.964 bits per heavy atom. The van der Waals surface area contributed by atoms with Gasteiger partial charge in [-0.1, -0.05) is 32.9 Å². The molecule has 1 heterocycles. The molecule has 2 unspecified atom stereocenters. The van der Waals surface area contributed by atoms with Crippen molar-refractivity contribution in [2.75, 3.05) is 0 Å². The summed E-state index contributed by atoms with van der Waals surface area (Å²) in [7, 11) is 0. The van der Waals surface area contributed by atoms with Crippen LogP contribution in [0.5, 0.6) is 5.75 Å². The number of rotatable bonds is 1. The Kier molecular flexibility index (Phi) is 4.29. The second-order valence-electron chi connectivity index (χ2n) is 9.59. The molecule has 4 rings (SSSR count). The Balaban J connectivity index is 1.94. The minimum Gasteiger partial charge on any atom is -0.507 e. The summed E-state index contributed by atoms with van der Waals surface area (Å²) in [4.78, 5) is 26.2. The highest BCUT2D eigenvalue weighted by atomic mass is 16.5. The molecule has 1 aliphatic heterocycles. The van der Waals surface area contributed by atoms with Crippen molar-refractivity contribution in [1.82, 2.24) is 0 Å². The van der Waals surface area contributed by atoms with Crippen molar-refractivity contribution >= 4 is 11.6 Å². The molecular formula is C24H28O4. The normalized spacial score (nSPS) is 26.8. The van der Waals surface area contributed by atoms with Crippen LogP contribution in [0.1, 0.15) is 69.1 Å². The molecule has 0 saturated heterocycles. The fourth-order valence-electron chi connectivity index (χ4n) is 4.97. The van der Waals surface area contributed by atoms with Gasteiger partial charge in [-0.25, -0.2) is 0 Å². The largest absolute Gasteiger partial charge is 0.507 e. The quantitative estimate of drug-likeness (QED) is 0.743. The Morgan fingerprint density at radius 2 is 1.57 bits per heavy atom. The molecule has 1 aromatic carbocycles. The number of phenols is 1. The Labute approximate surface area is 166 Å². The fraction of sp³-hybridized carbons (Fsp3) is 0.500. The highest BCUT2D eigenvalue weighted by Gasteiger charge is 2.46. The molecule has 0 saturated carbocycles. The van der Waals surface area contributed by atoms with Gasteiger partial charge in [-0.2, -0.15) is 0 Å². The zero-order valence-corrected chi connectivity index (χ0v) is 17.3. The van der Waals surface area contributed by atoms with Crippen molar-refractivity contribution in [2.45, 2.75) is 66.2 Å². The van der Waals surface area contributed by atoms with E-state index >= 15 is 0 Å². The van der Waals surface area contributed by atoms with E-state index in [-0.39, 0.29) is 34.6 Å². The predicted octanol–water partition coefficient (Wildman–Crippen LogP) is 5.02. The lowest BCUT2D eigenvalue weighted by Gasteiger charge is -2.41. The molecule has 1 aromatic rings. The summed E-state index contributed by atoms with van der Waals surface area (Å²) < 4.78 is 6.25. The van der Waals surface area contributed by atoms with Crippen LogP contribution in [-0.4, -0.2) is 16.7 Å². The standard InChI is InChI=1S/C24H28O4/c1-12-6-16(25)21-18(7-12)28-19-11-24(4,5)10-17(26)22(19)20(21)15-8-13(2)23(27)14(3)9-15/h8-9,12,20,27H,6-7,10-11H2,1-5H3. The third-order valence-electron chi connectivity index (χ3n) is 6.22. The van der Waals surface area contributed by atoms with Gasteiger partial charge in [-0.3, -0.25) is 9.59 Å². The number of ether oxygens (including phenoxy) is 1. The van der Waals surface area contributed by atoms with E-state index in [0.717, 1.165) is 34.6 Å². The van der Waals surface area contributed by atoms with E-state index < -0.39 is 0 Å². The number of ketones is 2. The van der Waals surface area contributed by atoms with Gasteiger partial charge in [0.25, 0.3) is 0 Å². The lowest BCUT2D eigenvalue weighted by Crippen LogP contribution is -2.36. The molecular weight excluding hydrogens is 352 g/mol. The Hall–Kier alpha value is -2.36. The molecule has 1 N–H and O–H groups in total. The van der Waals surface area contributed by atoms with Gasteiger partial charge in [0.1, 0.15) is 17.3 Å². The van der Waals surface area contributed by atoms with Crippen molar-refractivity contribution < 1.29 is 19.4 Å². The van der Waals surface area contributed by atoms with Crippen LogP contribution in [0, 0.1) is 25.2 Å². The average Bonchev–Trinajstić information content (AvgIpc) is 2.56. The number of hydrogen-bond donors (Lipinski definition) is 1. The number of Topliss-reactive ketones (excluding diaryl/α,β-unsaturated/α-hetero) is 2. The summed E-state index contributed by atoms with van der Waals surface area (Å²) in [5, 5.41) is 10.2. The van der Waals surface area contributed by atoms with Crippen molar-refractivity contribution in [3.8, 4) is 5.75 Å². The monoisotopic (exact) mass is 380 g/mol. The van der Waals surface area contributed by atoms with Crippen molar-refractivity contribution in [3.05, 3.63) is 51.5 Å². The van der Waals surface area contributed by atoms with Gasteiger partial charge in [0, 0.05) is 42.7 Å². The van der Waals surface area contributed by atoms with Gasteiger partial charge in [0.15, 0.2) is 11.6 Å². The number of aryl methyl sites for hydroxylation is 2. The summed E-state index contributed by atoms with van der Waals surface area (Å²) in [5.74, 6) is 1.73. The maximum atomic E-state index is 13.2. The first-order valence-corrected chi connectivity index (χ1v) is 10.1. The molecule has 28 heavy (non-hydrogen) atoms. The van der Waals surface area contributed by atoms with Crippen molar-refractivity contribution in [2.24, 2.45) is 11.3 Å². The Bertz CT molecular complexity index is 938. The van der Waals surface area contributed by atoms with E-state index in [1.54, 1.807) is 0 Å². The van der Waals surface area contributed by atoms with E-state index in [1.807, 2.05) is 26.0 Å². The molecule has 148 valence electrons. The van der Waals surface area contributed by atoms with Gasteiger partial charge in [-0.05, 0) is 41.9 Å². The second kappa shape index (κ2) is 6.33. The molecule has 0 amide bonds. The Morgan fingerprint density at radius 3 is 2.21 bits per heavy atom. The minimum atomic E-state index is -0.389. The van der Waals surface area contributed by atoms with Crippen LogP contribution >= 0.6 is 0 Å². The van der Waals surface area contributed by atoms with E-state index in [1.165, 1.54) is 0 Å². The topological polar surface area (TPSA) is 63.6 Å². The summed E-state index contributed by atoms with van der Waals surface area (Å²) >= 11 is 0. The highest BCUT2D eigenvalue weighted by molar-refractivity contribution is 6.06. The second-order valence-corrected chi connectivity index (χ2v) is 9.59. The molecule has 0 aromatic heterocycles. The number of phenolic OH excluding ortho intramolecular Hbond substituents is 1. The number of carbonyl (C=O) groups excluding carboxylic acids is 2. The fourth-order valence-corrected chi connectivity index (χ4v) is 4.97. The summed E-state index contributed by atoms with van der Waals surface area (Å²) in [6.45, 7) is 9.94. The van der Waals surface area contributed by atoms with Crippen LogP contribution in [0.4, 0.5) is 0 Å². The van der Waals surface area contributed by atoms with Crippen LogP contribution in [0.2, 0.25) is 0 Å². The van der Waals surface area contributed by atoms with Crippen LogP contribution in [0.25, 0.3) is 0 Å². The van der Waals surface area contributed by atoms with Gasteiger partial charge >= 0.3 is 0 Å². The maximum Gasteiger partial charge on any atom is 0.163 e. The molecule has 0 fully saturated rings. The molecule has 4 heteroatoms.